The second-order valence-electron chi connectivity index (χ2n) is 4.16. The van der Waals surface area contributed by atoms with Crippen LogP contribution < -0.4 is 0 Å². The summed E-state index contributed by atoms with van der Waals surface area (Å²) in [5, 5.41) is 9.51. The molecule has 4 heteroatoms. The third kappa shape index (κ3) is 2.44. The molecule has 1 aromatic carbocycles. The van der Waals surface area contributed by atoms with Crippen LogP contribution in [0.25, 0.3) is 0 Å². The Balaban J connectivity index is 2.07. The average Bonchev–Trinajstić information content (AvgIpc) is 3.06. The van der Waals surface area contributed by atoms with Crippen molar-refractivity contribution >= 4 is 5.78 Å². The maximum absolute atomic E-state index is 13.2. The first-order chi connectivity index (χ1) is 7.58. The van der Waals surface area contributed by atoms with E-state index >= 15 is 0 Å². The summed E-state index contributed by atoms with van der Waals surface area (Å²) in [6.45, 7) is 0. The molecule has 0 bridgehead atoms. The molecule has 0 heterocycles. The summed E-state index contributed by atoms with van der Waals surface area (Å²) in [6, 6.07) is 2.98. The van der Waals surface area contributed by atoms with Crippen molar-refractivity contribution in [2.75, 3.05) is 0 Å². The van der Waals surface area contributed by atoms with Gasteiger partial charge in [0.05, 0.1) is 0 Å². The van der Waals surface area contributed by atoms with Crippen molar-refractivity contribution in [3.63, 3.8) is 0 Å². The van der Waals surface area contributed by atoms with E-state index in [0.29, 0.717) is 0 Å². The number of benzene rings is 1. The van der Waals surface area contributed by atoms with Crippen molar-refractivity contribution in [3.05, 3.63) is 35.4 Å². The van der Waals surface area contributed by atoms with Crippen LogP contribution in [0.2, 0.25) is 0 Å². The highest BCUT2D eigenvalue weighted by Crippen LogP contribution is 2.33. The summed E-state index contributed by atoms with van der Waals surface area (Å²) in [7, 11) is 0. The van der Waals surface area contributed by atoms with Crippen molar-refractivity contribution in [2.45, 2.75) is 25.4 Å². The van der Waals surface area contributed by atoms with Gasteiger partial charge in [-0.3, -0.25) is 4.79 Å². The van der Waals surface area contributed by atoms with E-state index in [4.69, 9.17) is 0 Å². The SMILES string of the molecule is O=C(Cc1cc(F)ccc1F)C(O)C1CC1. The summed E-state index contributed by atoms with van der Waals surface area (Å²) in [5.41, 5.74) is 0.00435. The normalized spacial score (nSPS) is 17.2. The van der Waals surface area contributed by atoms with E-state index in [1.54, 1.807) is 0 Å². The van der Waals surface area contributed by atoms with E-state index < -0.39 is 23.5 Å². The molecular weight excluding hydrogens is 214 g/mol. The molecular formula is C12H12F2O2. The second-order valence-corrected chi connectivity index (χ2v) is 4.16. The Labute approximate surface area is 91.9 Å². The zero-order valence-electron chi connectivity index (χ0n) is 8.62. The molecule has 1 N–H and O–H groups in total. The minimum Gasteiger partial charge on any atom is -0.385 e. The molecule has 0 radical (unpaired) electrons. The maximum Gasteiger partial charge on any atom is 0.166 e. The van der Waals surface area contributed by atoms with Gasteiger partial charge in [0, 0.05) is 6.42 Å². The predicted molar refractivity (Wildman–Crippen MR) is 53.8 cm³/mol. The summed E-state index contributed by atoms with van der Waals surface area (Å²) < 4.78 is 26.0. The topological polar surface area (TPSA) is 37.3 Å². The van der Waals surface area contributed by atoms with E-state index in [9.17, 15) is 18.7 Å². The molecule has 16 heavy (non-hydrogen) atoms. The van der Waals surface area contributed by atoms with Crippen LogP contribution in [-0.4, -0.2) is 17.0 Å². The highest BCUT2D eigenvalue weighted by Gasteiger charge is 2.34. The number of rotatable bonds is 4. The summed E-state index contributed by atoms with van der Waals surface area (Å²) in [4.78, 5) is 11.5. The third-order valence-electron chi connectivity index (χ3n) is 2.77. The van der Waals surface area contributed by atoms with Crippen molar-refractivity contribution in [1.29, 1.82) is 0 Å². The van der Waals surface area contributed by atoms with Gasteiger partial charge in [-0.1, -0.05) is 0 Å². The smallest absolute Gasteiger partial charge is 0.166 e. The van der Waals surface area contributed by atoms with Crippen LogP contribution in [0.3, 0.4) is 0 Å². The summed E-state index contributed by atoms with van der Waals surface area (Å²) >= 11 is 0. The number of halogens is 2. The molecule has 2 rings (SSSR count). The van der Waals surface area contributed by atoms with Crippen LogP contribution in [0.4, 0.5) is 8.78 Å². The Kier molecular flexibility index (Phi) is 3.01. The quantitative estimate of drug-likeness (QED) is 0.850. The van der Waals surface area contributed by atoms with Crippen molar-refractivity contribution in [1.82, 2.24) is 0 Å². The van der Waals surface area contributed by atoms with Crippen LogP contribution in [0.15, 0.2) is 18.2 Å². The van der Waals surface area contributed by atoms with E-state index in [1.165, 1.54) is 0 Å². The molecule has 2 nitrogen and oxygen atoms in total. The number of aliphatic hydroxyl groups excluding tert-OH is 1. The third-order valence-corrected chi connectivity index (χ3v) is 2.77. The zero-order chi connectivity index (χ0) is 11.7. The van der Waals surface area contributed by atoms with Gasteiger partial charge in [-0.2, -0.15) is 0 Å². The molecule has 0 aromatic heterocycles. The minimum absolute atomic E-state index is 0.00435. The molecule has 1 aliphatic rings. The van der Waals surface area contributed by atoms with Crippen molar-refractivity contribution in [2.24, 2.45) is 5.92 Å². The van der Waals surface area contributed by atoms with Crippen molar-refractivity contribution < 1.29 is 18.7 Å². The van der Waals surface area contributed by atoms with Gasteiger partial charge < -0.3 is 5.11 Å². The molecule has 0 amide bonds. The fraction of sp³-hybridized carbons (Fsp3) is 0.417. The lowest BCUT2D eigenvalue weighted by atomic mass is 10.0. The number of ketones is 1. The Bertz CT molecular complexity index is 413. The molecule has 1 unspecified atom stereocenters. The molecule has 1 aromatic rings. The predicted octanol–water partition coefficient (Wildman–Crippen LogP) is 1.85. The first-order valence-corrected chi connectivity index (χ1v) is 5.22. The largest absolute Gasteiger partial charge is 0.385 e. The van der Waals surface area contributed by atoms with E-state index in [1.807, 2.05) is 0 Å². The van der Waals surface area contributed by atoms with Gasteiger partial charge in [0.15, 0.2) is 5.78 Å². The lowest BCUT2D eigenvalue weighted by molar-refractivity contribution is -0.127. The number of carbonyl (C=O) groups is 1. The fourth-order valence-electron chi connectivity index (χ4n) is 1.65. The van der Waals surface area contributed by atoms with E-state index in [2.05, 4.69) is 0 Å². The lowest BCUT2D eigenvalue weighted by Gasteiger charge is -2.08. The van der Waals surface area contributed by atoms with E-state index in [-0.39, 0.29) is 17.9 Å². The van der Waals surface area contributed by atoms with Gasteiger partial charge >= 0.3 is 0 Å². The molecule has 0 spiro atoms. The Hall–Kier alpha value is -1.29. The molecule has 1 atom stereocenters. The summed E-state index contributed by atoms with van der Waals surface area (Å²) in [5.74, 6) is -1.61. The Morgan fingerprint density at radius 1 is 1.44 bits per heavy atom. The van der Waals surface area contributed by atoms with Crippen LogP contribution in [0.5, 0.6) is 0 Å². The minimum atomic E-state index is -1.03. The molecule has 0 saturated heterocycles. The molecule has 0 aliphatic heterocycles. The lowest BCUT2D eigenvalue weighted by Crippen LogP contribution is -2.24. The average molecular weight is 226 g/mol. The molecule has 1 saturated carbocycles. The van der Waals surface area contributed by atoms with Gasteiger partial charge in [-0.25, -0.2) is 8.78 Å². The number of carbonyl (C=O) groups excluding carboxylic acids is 1. The highest BCUT2D eigenvalue weighted by atomic mass is 19.1. The first kappa shape index (κ1) is 11.2. The fourth-order valence-corrected chi connectivity index (χ4v) is 1.65. The first-order valence-electron chi connectivity index (χ1n) is 5.22. The monoisotopic (exact) mass is 226 g/mol. The number of Topliss-reactive ketones (excluding diaryl/α,β-unsaturated/α-hetero) is 1. The van der Waals surface area contributed by atoms with Crippen LogP contribution in [0, 0.1) is 17.6 Å². The van der Waals surface area contributed by atoms with Crippen LogP contribution >= 0.6 is 0 Å². The molecule has 86 valence electrons. The number of hydrogen-bond acceptors (Lipinski definition) is 2. The van der Waals surface area contributed by atoms with Gasteiger partial charge in [0.1, 0.15) is 17.7 Å². The van der Waals surface area contributed by atoms with Gasteiger partial charge in [0.2, 0.25) is 0 Å². The summed E-state index contributed by atoms with van der Waals surface area (Å²) in [6.07, 6.45) is 0.390. The Morgan fingerprint density at radius 2 is 2.12 bits per heavy atom. The molecule has 1 aliphatic carbocycles. The number of aliphatic hydroxyl groups is 1. The standard InChI is InChI=1S/C12H12F2O2/c13-9-3-4-10(14)8(5-9)6-11(15)12(16)7-1-2-7/h3-5,7,12,16H,1-2,6H2. The second kappa shape index (κ2) is 4.29. The van der Waals surface area contributed by atoms with Crippen LogP contribution in [0.1, 0.15) is 18.4 Å². The van der Waals surface area contributed by atoms with Crippen molar-refractivity contribution in [3.8, 4) is 0 Å². The van der Waals surface area contributed by atoms with Gasteiger partial charge in [0.25, 0.3) is 0 Å². The van der Waals surface area contributed by atoms with Gasteiger partial charge in [-0.15, -0.1) is 0 Å². The number of hydrogen-bond donors (Lipinski definition) is 1. The van der Waals surface area contributed by atoms with Gasteiger partial charge in [-0.05, 0) is 42.5 Å². The highest BCUT2D eigenvalue weighted by molar-refractivity contribution is 5.85. The molecule has 1 fully saturated rings. The van der Waals surface area contributed by atoms with Crippen LogP contribution in [-0.2, 0) is 11.2 Å². The Morgan fingerprint density at radius 3 is 2.75 bits per heavy atom. The zero-order valence-corrected chi connectivity index (χ0v) is 8.62. The van der Waals surface area contributed by atoms with E-state index in [0.717, 1.165) is 31.0 Å². The maximum atomic E-state index is 13.2.